The first-order chi connectivity index (χ1) is 19.3. The molecule has 0 aliphatic carbocycles. The lowest BCUT2D eigenvalue weighted by Crippen LogP contribution is -2.33. The number of amides is 1. The van der Waals surface area contributed by atoms with Crippen molar-refractivity contribution in [3.05, 3.63) is 95.4 Å². The number of benzene rings is 3. The highest BCUT2D eigenvalue weighted by molar-refractivity contribution is 6.40. The van der Waals surface area contributed by atoms with Crippen molar-refractivity contribution >= 4 is 34.3 Å². The Morgan fingerprint density at radius 1 is 0.975 bits per heavy atom. The zero-order valence-corrected chi connectivity index (χ0v) is 21.7. The Kier molecular flexibility index (Phi) is 8.90. The molecule has 40 heavy (non-hydrogen) atoms. The number of halogens is 1. The second kappa shape index (κ2) is 12.7. The first-order valence-corrected chi connectivity index (χ1v) is 12.5. The Balaban J connectivity index is 1.31. The number of nitrogens with one attached hydrogen (secondary N) is 1. The number of esters is 1. The standard InChI is InChI=1S/C30H27FN2O7/c1-39-30(38)28-24(34)8-4-9-27(28)40-15-5-14-32-29(37)26(36)16-25(35)22-18-33(23-7-3-2-6-21(22)23)17-19-10-12-20(31)13-11-19/h2-4,6-13,18,34H,5,14-17H2,1H3,(H,32,37). The van der Waals surface area contributed by atoms with Gasteiger partial charge in [-0.2, -0.15) is 0 Å². The molecule has 0 unspecified atom stereocenters. The molecule has 9 nitrogen and oxygen atoms in total. The Morgan fingerprint density at radius 2 is 1.73 bits per heavy atom. The van der Waals surface area contributed by atoms with Gasteiger partial charge >= 0.3 is 5.97 Å². The zero-order valence-electron chi connectivity index (χ0n) is 21.7. The SMILES string of the molecule is COC(=O)c1c(O)cccc1OCCCNC(=O)C(=O)CC(=O)c1cn(Cc2ccc(F)cc2)c2ccccc12. The van der Waals surface area contributed by atoms with Gasteiger partial charge in [0.1, 0.15) is 22.9 Å². The molecule has 4 rings (SSSR count). The van der Waals surface area contributed by atoms with Crippen LogP contribution < -0.4 is 10.1 Å². The maximum atomic E-state index is 13.3. The summed E-state index contributed by atoms with van der Waals surface area (Å²) in [4.78, 5) is 49.7. The summed E-state index contributed by atoms with van der Waals surface area (Å²) in [6.45, 7) is 0.560. The molecular formula is C30H27FN2O7. The lowest BCUT2D eigenvalue weighted by atomic mass is 10.0. The van der Waals surface area contributed by atoms with E-state index in [9.17, 15) is 28.7 Å². The number of hydrogen-bond donors (Lipinski definition) is 2. The van der Waals surface area contributed by atoms with E-state index in [0.717, 1.165) is 11.1 Å². The van der Waals surface area contributed by atoms with Gasteiger partial charge in [-0.1, -0.05) is 36.4 Å². The lowest BCUT2D eigenvalue weighted by molar-refractivity contribution is -0.137. The van der Waals surface area contributed by atoms with Crippen molar-refractivity contribution in [2.75, 3.05) is 20.3 Å². The quantitative estimate of drug-likeness (QED) is 0.0903. The molecular weight excluding hydrogens is 519 g/mol. The van der Waals surface area contributed by atoms with E-state index in [2.05, 4.69) is 10.1 Å². The van der Waals surface area contributed by atoms with Gasteiger partial charge in [-0.3, -0.25) is 14.4 Å². The number of methoxy groups -OCH3 is 1. The number of carbonyl (C=O) groups excluding carboxylic acids is 4. The van der Waals surface area contributed by atoms with Crippen molar-refractivity contribution in [3.63, 3.8) is 0 Å². The van der Waals surface area contributed by atoms with Crippen molar-refractivity contribution in [3.8, 4) is 11.5 Å². The third-order valence-electron chi connectivity index (χ3n) is 6.19. The summed E-state index contributed by atoms with van der Waals surface area (Å²) in [6, 6.07) is 17.6. The van der Waals surface area contributed by atoms with Crippen LogP contribution in [0.3, 0.4) is 0 Å². The van der Waals surface area contributed by atoms with Crippen LogP contribution in [0.25, 0.3) is 10.9 Å². The number of hydrogen-bond acceptors (Lipinski definition) is 7. The van der Waals surface area contributed by atoms with Crippen molar-refractivity contribution < 1.29 is 38.1 Å². The first kappa shape index (κ1) is 28.0. The van der Waals surface area contributed by atoms with Gasteiger partial charge in [0.2, 0.25) is 5.78 Å². The van der Waals surface area contributed by atoms with Crippen LogP contribution in [-0.2, 0) is 20.9 Å². The van der Waals surface area contributed by atoms with Gasteiger partial charge in [0, 0.05) is 35.8 Å². The summed E-state index contributed by atoms with van der Waals surface area (Å²) < 4.78 is 25.3. The number of rotatable bonds is 12. The Hall–Kier alpha value is -4.99. The number of phenols is 1. The number of phenolic OH excluding ortho intramolecular Hbond substituents is 1. The summed E-state index contributed by atoms with van der Waals surface area (Å²) in [6.07, 6.45) is 1.33. The molecule has 4 aromatic rings. The van der Waals surface area contributed by atoms with E-state index < -0.39 is 29.9 Å². The zero-order chi connectivity index (χ0) is 28.6. The first-order valence-electron chi connectivity index (χ1n) is 12.5. The van der Waals surface area contributed by atoms with Crippen LogP contribution >= 0.6 is 0 Å². The van der Waals surface area contributed by atoms with Gasteiger partial charge in [-0.25, -0.2) is 9.18 Å². The fourth-order valence-electron chi connectivity index (χ4n) is 4.21. The second-order valence-corrected chi connectivity index (χ2v) is 8.94. The molecule has 3 aromatic carbocycles. The largest absolute Gasteiger partial charge is 0.507 e. The maximum absolute atomic E-state index is 13.3. The van der Waals surface area contributed by atoms with Crippen LogP contribution in [-0.4, -0.2) is 53.4 Å². The van der Waals surface area contributed by atoms with Crippen LogP contribution in [0.1, 0.15) is 39.1 Å². The van der Waals surface area contributed by atoms with Crippen LogP contribution in [0.15, 0.2) is 72.9 Å². The highest BCUT2D eigenvalue weighted by Gasteiger charge is 2.22. The van der Waals surface area contributed by atoms with Crippen molar-refractivity contribution in [2.45, 2.75) is 19.4 Å². The van der Waals surface area contributed by atoms with E-state index in [4.69, 9.17) is 4.74 Å². The Morgan fingerprint density at radius 3 is 2.48 bits per heavy atom. The molecule has 0 saturated carbocycles. The van der Waals surface area contributed by atoms with Gasteiger partial charge in [0.15, 0.2) is 5.78 Å². The summed E-state index contributed by atoms with van der Waals surface area (Å²) in [5.74, 6) is -3.51. The highest BCUT2D eigenvalue weighted by Crippen LogP contribution is 2.28. The minimum Gasteiger partial charge on any atom is -0.507 e. The van der Waals surface area contributed by atoms with Gasteiger partial charge in [0.25, 0.3) is 5.91 Å². The minimum atomic E-state index is -0.893. The number of aromatic nitrogens is 1. The van der Waals surface area contributed by atoms with Crippen LogP contribution in [0.4, 0.5) is 4.39 Å². The molecule has 2 N–H and O–H groups in total. The molecule has 0 saturated heterocycles. The molecule has 0 spiro atoms. The summed E-state index contributed by atoms with van der Waals surface area (Å²) >= 11 is 0. The summed E-state index contributed by atoms with van der Waals surface area (Å²) in [7, 11) is 1.18. The van der Waals surface area contributed by atoms with Crippen LogP contribution in [0.2, 0.25) is 0 Å². The van der Waals surface area contributed by atoms with E-state index in [1.54, 1.807) is 30.5 Å². The highest BCUT2D eigenvalue weighted by atomic mass is 19.1. The normalized spacial score (nSPS) is 10.8. The van der Waals surface area contributed by atoms with Crippen LogP contribution in [0, 0.1) is 5.82 Å². The average molecular weight is 547 g/mol. The van der Waals surface area contributed by atoms with E-state index in [-0.39, 0.29) is 36.0 Å². The second-order valence-electron chi connectivity index (χ2n) is 8.94. The molecule has 0 radical (unpaired) electrons. The number of nitrogens with zero attached hydrogens (tertiary/aromatic N) is 1. The molecule has 0 aliphatic heterocycles. The topological polar surface area (TPSA) is 124 Å². The molecule has 0 fully saturated rings. The number of ketones is 2. The molecule has 1 amide bonds. The van der Waals surface area contributed by atoms with E-state index in [1.165, 1.54) is 37.4 Å². The van der Waals surface area contributed by atoms with E-state index in [0.29, 0.717) is 23.9 Å². The van der Waals surface area contributed by atoms with Crippen molar-refractivity contribution in [1.82, 2.24) is 9.88 Å². The average Bonchev–Trinajstić information content (AvgIpc) is 3.32. The van der Waals surface area contributed by atoms with E-state index >= 15 is 0 Å². The molecule has 1 heterocycles. The smallest absolute Gasteiger partial charge is 0.345 e. The molecule has 206 valence electrons. The summed E-state index contributed by atoms with van der Waals surface area (Å²) in [5, 5.41) is 13.0. The fourth-order valence-corrected chi connectivity index (χ4v) is 4.21. The number of ether oxygens (including phenoxy) is 2. The predicted octanol–water partition coefficient (Wildman–Crippen LogP) is 4.05. The number of carbonyl (C=O) groups is 4. The molecule has 0 atom stereocenters. The number of Topliss-reactive ketones (excluding diaryl/α,β-unsaturated/α-hetero) is 2. The molecule has 0 bridgehead atoms. The fraction of sp³-hybridized carbons (Fsp3) is 0.200. The predicted molar refractivity (Wildman–Crippen MR) is 144 cm³/mol. The monoisotopic (exact) mass is 546 g/mol. The van der Waals surface area contributed by atoms with E-state index in [1.807, 2.05) is 16.7 Å². The molecule has 1 aromatic heterocycles. The molecule has 10 heteroatoms. The minimum absolute atomic E-state index is 0.0778. The third-order valence-corrected chi connectivity index (χ3v) is 6.19. The Labute approximate surface area is 229 Å². The lowest BCUT2D eigenvalue weighted by Gasteiger charge is -2.11. The van der Waals surface area contributed by atoms with Gasteiger partial charge in [0.05, 0.1) is 20.1 Å². The number of fused-ring (bicyclic) bond motifs is 1. The van der Waals surface area contributed by atoms with Crippen LogP contribution in [0.5, 0.6) is 11.5 Å². The van der Waals surface area contributed by atoms with Crippen molar-refractivity contribution in [2.24, 2.45) is 0 Å². The number of para-hydroxylation sites is 1. The van der Waals surface area contributed by atoms with Gasteiger partial charge in [-0.15, -0.1) is 0 Å². The molecule has 0 aliphatic rings. The third kappa shape index (κ3) is 6.52. The van der Waals surface area contributed by atoms with Gasteiger partial charge < -0.3 is 24.5 Å². The Bertz CT molecular complexity index is 1560. The van der Waals surface area contributed by atoms with Gasteiger partial charge in [-0.05, 0) is 42.3 Å². The van der Waals surface area contributed by atoms with Crippen molar-refractivity contribution in [1.29, 1.82) is 0 Å². The summed E-state index contributed by atoms with van der Waals surface area (Å²) in [5.41, 5.74) is 1.82. The maximum Gasteiger partial charge on any atom is 0.345 e. The number of aromatic hydroxyl groups is 1.